The molecule has 5 aromatic carbocycles. The molecule has 1 aliphatic carbocycles. The van der Waals surface area contributed by atoms with Crippen LogP contribution in [0.1, 0.15) is 123 Å². The molecule has 8 bridgehead atoms. The molecule has 2 aliphatic rings. The fourth-order valence-corrected chi connectivity index (χ4v) is 10.2. The van der Waals surface area contributed by atoms with Crippen molar-refractivity contribution in [2.45, 2.75) is 84.5 Å². The molecular formula is C63H58N4O2. The lowest BCUT2D eigenvalue weighted by Crippen LogP contribution is -2.16. The van der Waals surface area contributed by atoms with E-state index < -0.39 is 5.97 Å². The number of ether oxygens (including phenoxy) is 1. The summed E-state index contributed by atoms with van der Waals surface area (Å²) < 4.78 is 6.82. The van der Waals surface area contributed by atoms with Crippen LogP contribution >= 0.6 is 0 Å². The van der Waals surface area contributed by atoms with Crippen molar-refractivity contribution >= 4 is 51.2 Å². The Morgan fingerprint density at radius 1 is 0.493 bits per heavy atom. The lowest BCUT2D eigenvalue weighted by Gasteiger charge is -2.29. The van der Waals surface area contributed by atoms with Crippen molar-refractivity contribution < 1.29 is 9.53 Å². The van der Waals surface area contributed by atoms with Crippen molar-refractivity contribution in [3.63, 3.8) is 0 Å². The van der Waals surface area contributed by atoms with E-state index in [1.165, 1.54) is 16.7 Å². The van der Waals surface area contributed by atoms with Crippen molar-refractivity contribution in [2.75, 3.05) is 0 Å². The quantitative estimate of drug-likeness (QED) is 0.150. The highest BCUT2D eigenvalue weighted by Crippen LogP contribution is 2.53. The van der Waals surface area contributed by atoms with Gasteiger partial charge in [0.25, 0.3) is 0 Å². The zero-order valence-corrected chi connectivity index (χ0v) is 40.9. The molecule has 0 amide bonds. The Labute approximate surface area is 404 Å². The minimum absolute atomic E-state index is 0.00167. The minimum Gasteiger partial charge on any atom is -0.420 e. The lowest BCUT2D eigenvalue weighted by molar-refractivity contribution is 0.0735. The van der Waals surface area contributed by atoms with E-state index in [2.05, 4.69) is 211 Å². The predicted octanol–water partition coefficient (Wildman–Crippen LogP) is 16.3. The third kappa shape index (κ3) is 7.78. The number of nitrogens with zero attached hydrogens (tertiary/aromatic N) is 1. The number of carbonyl (C=O) groups is 1. The number of hydrogen-bond donors (Lipinski definition) is 3. The fraction of sp³-hybridized carbons (Fsp3) is 0.206. The summed E-state index contributed by atoms with van der Waals surface area (Å²) in [6.45, 7) is 20.3. The van der Waals surface area contributed by atoms with Gasteiger partial charge in [0.05, 0.1) is 22.5 Å². The Morgan fingerprint density at radius 2 is 0.986 bits per heavy atom. The zero-order valence-electron chi connectivity index (χ0n) is 40.9. The average molecular weight is 903 g/mol. The topological polar surface area (TPSA) is 86.6 Å². The second-order valence-electron chi connectivity index (χ2n) is 21.8. The smallest absolute Gasteiger partial charge is 0.343 e. The maximum absolute atomic E-state index is 14.5. The van der Waals surface area contributed by atoms with E-state index in [1.807, 2.05) is 18.2 Å². The third-order valence-electron chi connectivity index (χ3n) is 14.0. The predicted molar refractivity (Wildman–Crippen MR) is 286 cm³/mol. The van der Waals surface area contributed by atoms with E-state index in [9.17, 15) is 4.79 Å². The first-order chi connectivity index (χ1) is 33.0. The van der Waals surface area contributed by atoms with Gasteiger partial charge in [0.1, 0.15) is 5.52 Å². The molecule has 9 aromatic rings. The van der Waals surface area contributed by atoms with Gasteiger partial charge in [-0.25, -0.2) is 9.78 Å². The number of hydrogen-bond acceptors (Lipinski definition) is 3. The second-order valence-corrected chi connectivity index (χ2v) is 21.8. The average Bonchev–Trinajstić information content (AvgIpc) is 4.17. The highest BCUT2D eigenvalue weighted by Gasteiger charge is 2.36. The molecule has 0 radical (unpaired) electrons. The molecule has 6 nitrogen and oxygen atoms in total. The highest BCUT2D eigenvalue weighted by molar-refractivity contribution is 6.06. The molecule has 3 N–H and O–H groups in total. The first-order valence-corrected chi connectivity index (χ1v) is 24.1. The van der Waals surface area contributed by atoms with Crippen LogP contribution in [0.25, 0.3) is 78.6 Å². The van der Waals surface area contributed by atoms with Gasteiger partial charge in [-0.15, -0.1) is 0 Å². The zero-order chi connectivity index (χ0) is 48.0. The first-order valence-electron chi connectivity index (χ1n) is 24.1. The van der Waals surface area contributed by atoms with Crippen LogP contribution in [-0.4, -0.2) is 25.9 Å². The summed E-state index contributed by atoms with van der Waals surface area (Å²) in [5.41, 5.74) is 20.2. The highest BCUT2D eigenvalue weighted by atomic mass is 16.5. The molecule has 0 spiro atoms. The van der Waals surface area contributed by atoms with E-state index in [0.717, 1.165) is 83.3 Å². The maximum atomic E-state index is 14.5. The van der Waals surface area contributed by atoms with Crippen molar-refractivity contribution in [2.24, 2.45) is 0 Å². The van der Waals surface area contributed by atoms with Crippen molar-refractivity contribution in [3.8, 4) is 39.1 Å². The molecule has 0 fully saturated rings. The normalized spacial score (nSPS) is 14.0. The summed E-state index contributed by atoms with van der Waals surface area (Å²) in [6.07, 6.45) is 4.14. The Balaban J connectivity index is 1.32. The third-order valence-corrected chi connectivity index (χ3v) is 14.0. The second kappa shape index (κ2) is 16.2. The molecule has 4 aromatic heterocycles. The standard InChI is InChI=1S/C63H58N4O2/c1-61(2,3)41-24-20-38(21-25-41)53-46-30-31-47(64-46)54(39-22-26-42(27-23-39)62(4,5)6)49-34-35-51(66-49)57-59(69-60(68)40-18-14-11-15-19-40)56-52(37-16-12-10-13-17-37)45-36-43(63(7,8)9)28-29-44(45)55(58(56)67-57)50-33-32-48(53)65-50/h10-36,52,64-65,67H,1-9H3. The Hall–Kier alpha value is -7.70. The number of esters is 1. The molecule has 1 atom stereocenters. The monoisotopic (exact) mass is 902 g/mol. The lowest BCUT2D eigenvalue weighted by atomic mass is 9.74. The molecule has 0 saturated carbocycles. The summed E-state index contributed by atoms with van der Waals surface area (Å²) in [5.74, 6) is -0.271. The molecule has 11 rings (SSSR count). The van der Waals surface area contributed by atoms with Gasteiger partial charge in [0, 0.05) is 50.2 Å². The van der Waals surface area contributed by atoms with Crippen LogP contribution in [0.15, 0.2) is 152 Å². The van der Waals surface area contributed by atoms with Crippen LogP contribution in [0.5, 0.6) is 5.75 Å². The van der Waals surface area contributed by atoms with Gasteiger partial charge >= 0.3 is 5.97 Å². The SMILES string of the molecule is CC(C)(C)c1ccc(-c2c3nc(c4[nH]c5c(c4OC(=O)c4ccccc4)C(c4ccccc4)c4cc(C(C)(C)C)ccc4-c5c4ccc([nH]4)c(-c4ccc(C(C)(C)C)cc4)c4ccc2[nH]4)C=C3)cc1. The fourth-order valence-electron chi connectivity index (χ4n) is 10.2. The molecule has 342 valence electrons. The van der Waals surface area contributed by atoms with E-state index in [4.69, 9.17) is 9.72 Å². The molecule has 0 saturated heterocycles. The molecule has 5 heterocycles. The van der Waals surface area contributed by atoms with Crippen LogP contribution in [-0.2, 0) is 16.2 Å². The number of H-pyrrole nitrogens is 3. The molecule has 6 heteroatoms. The molecule has 69 heavy (non-hydrogen) atoms. The number of fused-ring (bicyclic) bond motifs is 11. The summed E-state index contributed by atoms with van der Waals surface area (Å²) in [5, 5.41) is 0. The van der Waals surface area contributed by atoms with Crippen LogP contribution in [0.2, 0.25) is 0 Å². The number of carbonyl (C=O) groups excluding carboxylic acids is 1. The molecule has 1 aliphatic heterocycles. The summed E-state index contributed by atoms with van der Waals surface area (Å²) in [6, 6.07) is 53.4. The van der Waals surface area contributed by atoms with E-state index >= 15 is 0 Å². The van der Waals surface area contributed by atoms with Crippen LogP contribution in [0.3, 0.4) is 0 Å². The number of nitrogens with one attached hydrogen (secondary N) is 3. The van der Waals surface area contributed by atoms with Gasteiger partial charge in [-0.1, -0.05) is 178 Å². The van der Waals surface area contributed by atoms with Gasteiger partial charge in [0.2, 0.25) is 0 Å². The van der Waals surface area contributed by atoms with Gasteiger partial charge in [-0.05, 0) is 109 Å². The molecule has 1 unspecified atom stereocenters. The maximum Gasteiger partial charge on any atom is 0.343 e. The summed E-state index contributed by atoms with van der Waals surface area (Å²) >= 11 is 0. The Morgan fingerprint density at radius 3 is 1.55 bits per heavy atom. The Kier molecular flexibility index (Phi) is 10.3. The van der Waals surface area contributed by atoms with Crippen molar-refractivity contribution in [1.82, 2.24) is 19.9 Å². The van der Waals surface area contributed by atoms with E-state index in [0.29, 0.717) is 22.5 Å². The van der Waals surface area contributed by atoms with Crippen LogP contribution in [0, 0.1) is 0 Å². The molecular weight excluding hydrogens is 845 g/mol. The number of aromatic nitrogens is 4. The van der Waals surface area contributed by atoms with Gasteiger partial charge in [0.15, 0.2) is 5.75 Å². The number of rotatable bonds is 5. The first kappa shape index (κ1) is 43.8. The number of benzene rings is 5. The number of aromatic amines is 3. The summed E-state index contributed by atoms with van der Waals surface area (Å²) in [7, 11) is 0. The van der Waals surface area contributed by atoms with Gasteiger partial charge < -0.3 is 19.7 Å². The minimum atomic E-state index is -0.439. The van der Waals surface area contributed by atoms with Crippen molar-refractivity contribution in [1.29, 1.82) is 0 Å². The van der Waals surface area contributed by atoms with Gasteiger partial charge in [-0.2, -0.15) is 0 Å². The Bertz CT molecular complexity index is 3620. The van der Waals surface area contributed by atoms with Crippen LogP contribution < -0.4 is 4.74 Å². The largest absolute Gasteiger partial charge is 0.420 e. The van der Waals surface area contributed by atoms with E-state index in [1.54, 1.807) is 12.1 Å². The summed E-state index contributed by atoms with van der Waals surface area (Å²) in [4.78, 5) is 31.9. The van der Waals surface area contributed by atoms with Crippen molar-refractivity contribution in [3.05, 3.63) is 202 Å². The van der Waals surface area contributed by atoms with Crippen LogP contribution in [0.4, 0.5) is 0 Å². The van der Waals surface area contributed by atoms with E-state index in [-0.39, 0.29) is 22.2 Å². The van der Waals surface area contributed by atoms with Gasteiger partial charge in [-0.3, -0.25) is 0 Å².